The molecule has 0 fully saturated rings. The maximum absolute atomic E-state index is 12.9. The number of fused-ring (bicyclic) bond motifs is 1. The standard InChI is InChI=1S/C26H21N3O4S/c30-18-10-6-9-17(13-18)22-14-20(27-19-11-4-5-12-21(19)34-22)23-24(31)28-26(33)29(25(23)32)15-16-7-2-1-3-8-16/h1-13,22,30,32H,14-15H2,(H,28,31,33). The van der Waals surface area contributed by atoms with Gasteiger partial charge in [0.2, 0.25) is 5.88 Å². The van der Waals surface area contributed by atoms with Crippen molar-refractivity contribution in [1.29, 1.82) is 0 Å². The number of aliphatic imine (C=N–C) groups is 1. The second kappa shape index (κ2) is 9.07. The lowest BCUT2D eigenvalue weighted by Crippen LogP contribution is -2.34. The number of nitrogens with one attached hydrogen (secondary N) is 1. The van der Waals surface area contributed by atoms with Gasteiger partial charge in [0.15, 0.2) is 0 Å². The van der Waals surface area contributed by atoms with E-state index in [0.717, 1.165) is 20.6 Å². The number of nitrogens with zero attached hydrogens (tertiary/aromatic N) is 2. The molecule has 3 aromatic carbocycles. The summed E-state index contributed by atoms with van der Waals surface area (Å²) in [6.45, 7) is 0.101. The van der Waals surface area contributed by atoms with Crippen molar-refractivity contribution in [2.75, 3.05) is 0 Å². The number of phenolic OH excluding ortho intramolecular Hbond substituents is 1. The molecule has 0 radical (unpaired) electrons. The van der Waals surface area contributed by atoms with Crippen LogP contribution in [-0.4, -0.2) is 25.5 Å². The molecule has 0 spiro atoms. The monoisotopic (exact) mass is 471 g/mol. The summed E-state index contributed by atoms with van der Waals surface area (Å²) >= 11 is 1.57. The number of H-pyrrole nitrogens is 1. The van der Waals surface area contributed by atoms with Crippen LogP contribution in [0.15, 0.2) is 98.3 Å². The van der Waals surface area contributed by atoms with Crippen LogP contribution in [0.2, 0.25) is 0 Å². The van der Waals surface area contributed by atoms with Crippen LogP contribution in [0.1, 0.15) is 28.4 Å². The smallest absolute Gasteiger partial charge is 0.331 e. The first kappa shape index (κ1) is 21.8. The van der Waals surface area contributed by atoms with E-state index in [9.17, 15) is 19.8 Å². The Hall–Kier alpha value is -4.04. The maximum atomic E-state index is 12.9. The number of aromatic amines is 1. The lowest BCUT2D eigenvalue weighted by atomic mass is 10.0. The van der Waals surface area contributed by atoms with E-state index in [1.807, 2.05) is 60.7 Å². The number of thioether (sulfide) groups is 1. The average molecular weight is 472 g/mol. The molecule has 2 heterocycles. The largest absolute Gasteiger partial charge is 0.508 e. The molecule has 0 amide bonds. The van der Waals surface area contributed by atoms with E-state index in [-0.39, 0.29) is 23.1 Å². The second-order valence-electron chi connectivity index (χ2n) is 7.96. The Kier molecular flexibility index (Phi) is 5.81. The quantitative estimate of drug-likeness (QED) is 0.410. The molecule has 1 aliphatic rings. The number of hydrogen-bond donors (Lipinski definition) is 3. The highest BCUT2D eigenvalue weighted by molar-refractivity contribution is 7.99. The highest BCUT2D eigenvalue weighted by Crippen LogP contribution is 2.46. The minimum Gasteiger partial charge on any atom is -0.508 e. The summed E-state index contributed by atoms with van der Waals surface area (Å²) in [7, 11) is 0. The van der Waals surface area contributed by atoms with Crippen molar-refractivity contribution in [1.82, 2.24) is 9.55 Å². The van der Waals surface area contributed by atoms with Gasteiger partial charge in [-0.2, -0.15) is 0 Å². The minimum atomic E-state index is -0.691. The lowest BCUT2D eigenvalue weighted by Gasteiger charge is -2.17. The van der Waals surface area contributed by atoms with Gasteiger partial charge in [0.05, 0.1) is 17.9 Å². The first-order valence-corrected chi connectivity index (χ1v) is 11.6. The van der Waals surface area contributed by atoms with Gasteiger partial charge in [0.1, 0.15) is 11.3 Å². The van der Waals surface area contributed by atoms with Crippen molar-refractivity contribution < 1.29 is 10.2 Å². The summed E-state index contributed by atoms with van der Waals surface area (Å²) in [5.74, 6) is -0.276. The van der Waals surface area contributed by atoms with Crippen molar-refractivity contribution in [3.8, 4) is 11.6 Å². The molecule has 170 valence electrons. The van der Waals surface area contributed by atoms with E-state index in [1.54, 1.807) is 30.0 Å². The fourth-order valence-electron chi connectivity index (χ4n) is 4.01. The Morgan fingerprint density at radius 3 is 2.53 bits per heavy atom. The van der Waals surface area contributed by atoms with Crippen molar-refractivity contribution in [2.24, 2.45) is 4.99 Å². The van der Waals surface area contributed by atoms with Gasteiger partial charge in [-0.1, -0.05) is 54.6 Å². The zero-order chi connectivity index (χ0) is 23.7. The zero-order valence-corrected chi connectivity index (χ0v) is 18.8. The van der Waals surface area contributed by atoms with Gasteiger partial charge in [-0.3, -0.25) is 19.3 Å². The molecular formula is C26H21N3O4S. The molecule has 4 aromatic rings. The molecule has 34 heavy (non-hydrogen) atoms. The van der Waals surface area contributed by atoms with E-state index in [2.05, 4.69) is 4.98 Å². The molecule has 3 N–H and O–H groups in total. The number of aromatic nitrogens is 2. The van der Waals surface area contributed by atoms with Crippen molar-refractivity contribution in [3.05, 3.63) is 116 Å². The van der Waals surface area contributed by atoms with Gasteiger partial charge >= 0.3 is 5.69 Å². The third kappa shape index (κ3) is 4.27. The van der Waals surface area contributed by atoms with Crippen LogP contribution in [0.4, 0.5) is 5.69 Å². The van der Waals surface area contributed by atoms with E-state index in [0.29, 0.717) is 17.8 Å². The predicted octanol–water partition coefficient (Wildman–Crippen LogP) is 4.35. The highest BCUT2D eigenvalue weighted by atomic mass is 32.2. The number of benzene rings is 3. The van der Waals surface area contributed by atoms with E-state index < -0.39 is 17.1 Å². The fourth-order valence-corrected chi connectivity index (χ4v) is 5.23. The maximum Gasteiger partial charge on any atom is 0.331 e. The summed E-state index contributed by atoms with van der Waals surface area (Å²) in [6, 6.07) is 23.7. The zero-order valence-electron chi connectivity index (χ0n) is 18.0. The Morgan fingerprint density at radius 2 is 1.74 bits per heavy atom. The first-order valence-electron chi connectivity index (χ1n) is 10.7. The summed E-state index contributed by atoms with van der Waals surface area (Å²) in [5, 5.41) is 21.0. The summed E-state index contributed by atoms with van der Waals surface area (Å²) in [6.07, 6.45) is 0.309. The predicted molar refractivity (Wildman–Crippen MR) is 132 cm³/mol. The van der Waals surface area contributed by atoms with Crippen molar-refractivity contribution in [3.63, 3.8) is 0 Å². The van der Waals surface area contributed by atoms with Crippen molar-refractivity contribution in [2.45, 2.75) is 23.1 Å². The van der Waals surface area contributed by atoms with Crippen LogP contribution < -0.4 is 11.2 Å². The van der Waals surface area contributed by atoms with Gasteiger partial charge in [-0.25, -0.2) is 4.79 Å². The Balaban J connectivity index is 1.65. The molecule has 0 aliphatic carbocycles. The Bertz CT molecular complexity index is 1510. The van der Waals surface area contributed by atoms with Gasteiger partial charge in [-0.05, 0) is 35.4 Å². The number of para-hydroxylation sites is 1. The Labute approximate surface area is 199 Å². The van der Waals surface area contributed by atoms with Crippen LogP contribution in [0.5, 0.6) is 11.6 Å². The third-order valence-corrected chi connectivity index (χ3v) is 6.98. The summed E-state index contributed by atoms with van der Waals surface area (Å²) in [4.78, 5) is 33.5. The van der Waals surface area contributed by atoms with Crippen LogP contribution >= 0.6 is 11.8 Å². The number of aromatic hydroxyl groups is 2. The SMILES string of the molecule is O=c1[nH]c(=O)n(Cc2ccccc2)c(O)c1C1=Nc2ccccc2SC(c2cccc(O)c2)C1. The normalized spacial score (nSPS) is 15.3. The van der Waals surface area contributed by atoms with Gasteiger partial charge in [0.25, 0.3) is 5.56 Å². The molecule has 0 saturated carbocycles. The summed E-state index contributed by atoms with van der Waals surface area (Å²) < 4.78 is 1.14. The highest BCUT2D eigenvalue weighted by Gasteiger charge is 2.27. The van der Waals surface area contributed by atoms with Crippen LogP contribution in [0.3, 0.4) is 0 Å². The Morgan fingerprint density at radius 1 is 0.971 bits per heavy atom. The number of rotatable bonds is 4. The molecule has 1 atom stereocenters. The molecule has 0 bridgehead atoms. The van der Waals surface area contributed by atoms with Gasteiger partial charge in [-0.15, -0.1) is 11.8 Å². The van der Waals surface area contributed by atoms with E-state index in [1.165, 1.54) is 0 Å². The van der Waals surface area contributed by atoms with E-state index in [4.69, 9.17) is 4.99 Å². The molecule has 1 aliphatic heterocycles. The summed E-state index contributed by atoms with van der Waals surface area (Å²) in [5.41, 5.74) is 1.30. The molecular weight excluding hydrogens is 450 g/mol. The molecule has 8 heteroatoms. The van der Waals surface area contributed by atoms with Gasteiger partial charge < -0.3 is 10.2 Å². The molecule has 1 unspecified atom stereocenters. The molecule has 1 aromatic heterocycles. The minimum absolute atomic E-state index is 0.0296. The molecule has 5 rings (SSSR count). The van der Waals surface area contributed by atoms with E-state index >= 15 is 0 Å². The van der Waals surface area contributed by atoms with Crippen LogP contribution in [0.25, 0.3) is 0 Å². The van der Waals surface area contributed by atoms with Crippen molar-refractivity contribution >= 4 is 23.2 Å². The number of hydrogen-bond acceptors (Lipinski definition) is 6. The van der Waals surface area contributed by atoms with Gasteiger partial charge in [0, 0.05) is 16.6 Å². The third-order valence-electron chi connectivity index (χ3n) is 5.65. The topological polar surface area (TPSA) is 108 Å². The van der Waals surface area contributed by atoms with Crippen LogP contribution in [0, 0.1) is 0 Å². The second-order valence-corrected chi connectivity index (χ2v) is 9.21. The molecule has 0 saturated heterocycles. The fraction of sp³-hybridized carbons (Fsp3) is 0.115. The molecule has 7 nitrogen and oxygen atoms in total. The average Bonchev–Trinajstić information content (AvgIpc) is 3.02. The van der Waals surface area contributed by atoms with Crippen LogP contribution in [-0.2, 0) is 6.54 Å². The first-order chi connectivity index (χ1) is 16.5. The lowest BCUT2D eigenvalue weighted by molar-refractivity contribution is 0.407. The number of phenols is 1.